The van der Waals surface area contributed by atoms with Crippen molar-refractivity contribution in [2.75, 3.05) is 0 Å². The fraction of sp³-hybridized carbons (Fsp3) is 0.600. The maximum absolute atomic E-state index is 13.3. The van der Waals surface area contributed by atoms with Crippen LogP contribution in [-0.4, -0.2) is 10.7 Å². The average Bonchev–Trinajstić information content (AvgIpc) is 2.71. The third kappa shape index (κ3) is 1.91. The zero-order valence-corrected chi connectivity index (χ0v) is 10.7. The van der Waals surface area contributed by atoms with Gasteiger partial charge in [0.05, 0.1) is 6.10 Å². The van der Waals surface area contributed by atoms with Crippen molar-refractivity contribution in [2.24, 2.45) is 5.92 Å². The molecule has 2 aliphatic rings. The summed E-state index contributed by atoms with van der Waals surface area (Å²) in [6, 6.07) is 4.42. The van der Waals surface area contributed by atoms with Gasteiger partial charge in [0, 0.05) is 18.1 Å². The Morgan fingerprint density at radius 2 is 2.28 bits per heavy atom. The lowest BCUT2D eigenvalue weighted by Gasteiger charge is -2.38. The molecule has 1 heterocycles. The van der Waals surface area contributed by atoms with E-state index in [1.165, 1.54) is 12.1 Å². The van der Waals surface area contributed by atoms with E-state index < -0.39 is 6.10 Å². The van der Waals surface area contributed by atoms with Crippen LogP contribution in [-0.2, 0) is 0 Å². The predicted molar refractivity (Wildman–Crippen MR) is 67.0 cm³/mol. The van der Waals surface area contributed by atoms with E-state index in [-0.39, 0.29) is 11.4 Å². The van der Waals surface area contributed by atoms with Gasteiger partial charge in [-0.15, -0.1) is 0 Å². The van der Waals surface area contributed by atoms with Gasteiger partial charge in [-0.05, 0) is 37.3 Å². The molecule has 0 aromatic heterocycles. The Labute approximate surface area is 107 Å². The number of hydrogen-bond donors (Lipinski definition) is 1. The Balaban J connectivity index is 1.91. The molecule has 0 radical (unpaired) electrons. The topological polar surface area (TPSA) is 29.5 Å². The highest BCUT2D eigenvalue weighted by atomic mass is 19.1. The SMILES string of the molecule is CCC1CCC2(C1)C[C@@H](O)c1ccc(F)cc1O2. The van der Waals surface area contributed by atoms with Crippen LogP contribution >= 0.6 is 0 Å². The van der Waals surface area contributed by atoms with E-state index in [4.69, 9.17) is 4.74 Å². The van der Waals surface area contributed by atoms with E-state index in [0.29, 0.717) is 18.1 Å². The van der Waals surface area contributed by atoms with Gasteiger partial charge < -0.3 is 9.84 Å². The Morgan fingerprint density at radius 1 is 1.44 bits per heavy atom. The highest BCUT2D eigenvalue weighted by Gasteiger charge is 2.45. The number of aliphatic hydroxyl groups is 1. The number of fused-ring (bicyclic) bond motifs is 1. The Morgan fingerprint density at radius 3 is 3.00 bits per heavy atom. The molecule has 2 unspecified atom stereocenters. The van der Waals surface area contributed by atoms with E-state index in [1.807, 2.05) is 0 Å². The number of ether oxygens (including phenoxy) is 1. The highest BCUT2D eigenvalue weighted by Crippen LogP contribution is 2.49. The second kappa shape index (κ2) is 4.23. The molecular weight excluding hydrogens is 231 g/mol. The first-order valence-corrected chi connectivity index (χ1v) is 6.78. The number of halogens is 1. The zero-order valence-electron chi connectivity index (χ0n) is 10.7. The second-order valence-corrected chi connectivity index (χ2v) is 5.70. The summed E-state index contributed by atoms with van der Waals surface area (Å²) >= 11 is 0. The number of aliphatic hydroxyl groups excluding tert-OH is 1. The minimum atomic E-state index is -0.523. The first-order valence-electron chi connectivity index (χ1n) is 6.78. The lowest BCUT2D eigenvalue weighted by molar-refractivity contribution is -0.0124. The number of hydrogen-bond acceptors (Lipinski definition) is 2. The monoisotopic (exact) mass is 250 g/mol. The summed E-state index contributed by atoms with van der Waals surface area (Å²) in [5.74, 6) is 0.904. The minimum absolute atomic E-state index is 0.263. The van der Waals surface area contributed by atoms with E-state index in [0.717, 1.165) is 31.2 Å². The average molecular weight is 250 g/mol. The summed E-state index contributed by atoms with van der Waals surface area (Å²) in [6.45, 7) is 2.19. The fourth-order valence-electron chi connectivity index (χ4n) is 3.43. The molecule has 1 N–H and O–H groups in total. The molecule has 3 heteroatoms. The van der Waals surface area contributed by atoms with Gasteiger partial charge in [0.15, 0.2) is 0 Å². The van der Waals surface area contributed by atoms with Crippen molar-refractivity contribution in [3.63, 3.8) is 0 Å². The van der Waals surface area contributed by atoms with Gasteiger partial charge in [-0.2, -0.15) is 0 Å². The molecule has 1 fully saturated rings. The van der Waals surface area contributed by atoms with Crippen molar-refractivity contribution in [1.29, 1.82) is 0 Å². The van der Waals surface area contributed by atoms with Crippen LogP contribution in [0.25, 0.3) is 0 Å². The molecule has 3 rings (SSSR count). The molecule has 1 saturated carbocycles. The van der Waals surface area contributed by atoms with Crippen LogP contribution in [0.4, 0.5) is 4.39 Å². The van der Waals surface area contributed by atoms with Crippen LogP contribution in [0, 0.1) is 11.7 Å². The molecule has 2 nitrogen and oxygen atoms in total. The third-order valence-electron chi connectivity index (χ3n) is 4.47. The van der Waals surface area contributed by atoms with Crippen molar-refractivity contribution < 1.29 is 14.2 Å². The fourth-order valence-corrected chi connectivity index (χ4v) is 3.43. The van der Waals surface area contributed by atoms with Gasteiger partial charge in [0.2, 0.25) is 0 Å². The zero-order chi connectivity index (χ0) is 12.8. The van der Waals surface area contributed by atoms with Gasteiger partial charge in [-0.3, -0.25) is 0 Å². The molecule has 18 heavy (non-hydrogen) atoms. The van der Waals surface area contributed by atoms with E-state index >= 15 is 0 Å². The van der Waals surface area contributed by atoms with Crippen LogP contribution < -0.4 is 4.74 Å². The lowest BCUT2D eigenvalue weighted by atomic mass is 9.86. The predicted octanol–water partition coefficient (Wildman–Crippen LogP) is 3.59. The van der Waals surface area contributed by atoms with Crippen molar-refractivity contribution >= 4 is 0 Å². The molecule has 1 aliphatic heterocycles. The largest absolute Gasteiger partial charge is 0.487 e. The van der Waals surface area contributed by atoms with E-state index in [1.54, 1.807) is 6.07 Å². The van der Waals surface area contributed by atoms with Crippen molar-refractivity contribution in [2.45, 2.75) is 50.7 Å². The first-order chi connectivity index (χ1) is 8.62. The normalized spacial score (nSPS) is 34.4. The number of benzene rings is 1. The molecule has 98 valence electrons. The van der Waals surface area contributed by atoms with Gasteiger partial charge in [0.1, 0.15) is 17.2 Å². The smallest absolute Gasteiger partial charge is 0.128 e. The molecule has 1 aromatic carbocycles. The number of rotatable bonds is 1. The van der Waals surface area contributed by atoms with Crippen LogP contribution in [0.15, 0.2) is 18.2 Å². The van der Waals surface area contributed by atoms with Crippen LogP contribution in [0.1, 0.15) is 50.7 Å². The lowest BCUT2D eigenvalue weighted by Crippen LogP contribution is -2.38. The van der Waals surface area contributed by atoms with E-state index in [2.05, 4.69) is 6.92 Å². The summed E-state index contributed by atoms with van der Waals surface area (Å²) in [5.41, 5.74) is 0.461. The standard InChI is InChI=1S/C15H19FO2/c1-2-10-5-6-15(8-10)9-13(17)12-4-3-11(16)7-14(12)18-15/h3-4,7,10,13,17H,2,5-6,8-9H2,1H3/t10?,13-,15?/m1/s1. The summed E-state index contributed by atoms with van der Waals surface area (Å²) in [7, 11) is 0. The summed E-state index contributed by atoms with van der Waals surface area (Å²) < 4.78 is 19.3. The third-order valence-corrected chi connectivity index (χ3v) is 4.47. The van der Waals surface area contributed by atoms with Crippen molar-refractivity contribution in [3.05, 3.63) is 29.6 Å². The quantitative estimate of drug-likeness (QED) is 0.825. The molecular formula is C15H19FO2. The summed E-state index contributed by atoms with van der Waals surface area (Å²) in [5, 5.41) is 10.2. The van der Waals surface area contributed by atoms with Crippen LogP contribution in [0.2, 0.25) is 0 Å². The van der Waals surface area contributed by atoms with E-state index in [9.17, 15) is 9.50 Å². The van der Waals surface area contributed by atoms with Crippen molar-refractivity contribution in [1.82, 2.24) is 0 Å². The van der Waals surface area contributed by atoms with Gasteiger partial charge in [-0.1, -0.05) is 13.3 Å². The maximum atomic E-state index is 13.3. The molecule has 0 saturated heterocycles. The molecule has 1 aromatic rings. The van der Waals surface area contributed by atoms with Gasteiger partial charge in [0.25, 0.3) is 0 Å². The second-order valence-electron chi connectivity index (χ2n) is 5.70. The van der Waals surface area contributed by atoms with Crippen LogP contribution in [0.3, 0.4) is 0 Å². The molecule has 0 bridgehead atoms. The highest BCUT2D eigenvalue weighted by molar-refractivity contribution is 5.38. The minimum Gasteiger partial charge on any atom is -0.487 e. The Kier molecular flexibility index (Phi) is 2.81. The first kappa shape index (κ1) is 12.0. The summed E-state index contributed by atoms with van der Waals surface area (Å²) in [4.78, 5) is 0. The Hall–Kier alpha value is -1.09. The van der Waals surface area contributed by atoms with Crippen molar-refractivity contribution in [3.8, 4) is 5.75 Å². The summed E-state index contributed by atoms with van der Waals surface area (Å²) in [6.07, 6.45) is 4.37. The molecule has 0 amide bonds. The van der Waals surface area contributed by atoms with Gasteiger partial charge in [-0.25, -0.2) is 4.39 Å². The Bertz CT molecular complexity index is 460. The molecule has 1 spiro atoms. The maximum Gasteiger partial charge on any atom is 0.128 e. The molecule has 3 atom stereocenters. The molecule has 1 aliphatic carbocycles. The van der Waals surface area contributed by atoms with Crippen LogP contribution in [0.5, 0.6) is 5.75 Å². The van der Waals surface area contributed by atoms with Gasteiger partial charge >= 0.3 is 0 Å².